The van der Waals surface area contributed by atoms with Gasteiger partial charge in [-0.1, -0.05) is 30.3 Å². The number of benzene rings is 1. The third kappa shape index (κ3) is 1.76. The van der Waals surface area contributed by atoms with Crippen molar-refractivity contribution in [3.63, 3.8) is 0 Å². The molecule has 0 spiro atoms. The molecular weight excluding hydrogens is 188 g/mol. The summed E-state index contributed by atoms with van der Waals surface area (Å²) in [5, 5.41) is 8.08. The number of hydrogen-bond donors (Lipinski definition) is 1. The minimum atomic E-state index is -0.211. The first-order chi connectivity index (χ1) is 7.20. The summed E-state index contributed by atoms with van der Waals surface area (Å²) in [4.78, 5) is 0. The zero-order chi connectivity index (χ0) is 10.8. The summed E-state index contributed by atoms with van der Waals surface area (Å²) in [6.45, 7) is 1.91. The van der Waals surface area contributed by atoms with Crippen molar-refractivity contribution in [3.05, 3.63) is 47.5 Å². The highest BCUT2D eigenvalue weighted by molar-refractivity contribution is 5.24. The summed E-state index contributed by atoms with van der Waals surface area (Å²) >= 11 is 0. The summed E-state index contributed by atoms with van der Waals surface area (Å²) in [6.07, 6.45) is 0. The van der Waals surface area contributed by atoms with Crippen LogP contribution >= 0.6 is 0 Å². The normalized spacial score (nSPS) is 12.7. The predicted molar refractivity (Wildman–Crippen MR) is 58.2 cm³/mol. The Balaban J connectivity index is 2.37. The first-order valence-electron chi connectivity index (χ1n) is 4.86. The number of aryl methyl sites for hydroxylation is 1. The summed E-state index contributed by atoms with van der Waals surface area (Å²) in [7, 11) is 1.92. The molecule has 1 aromatic heterocycles. The number of hydrogen-bond acceptors (Lipinski definition) is 3. The first-order valence-corrected chi connectivity index (χ1v) is 4.86. The lowest BCUT2D eigenvalue weighted by Gasteiger charge is -2.10. The third-order valence-electron chi connectivity index (χ3n) is 2.56. The molecule has 1 aromatic carbocycles. The maximum Gasteiger partial charge on any atom is 0.154 e. The van der Waals surface area contributed by atoms with E-state index < -0.39 is 0 Å². The SMILES string of the molecule is Cc1nnc([C@@H](N)c2ccccc2)n1C. The fraction of sp³-hybridized carbons (Fsp3) is 0.273. The Kier molecular flexibility index (Phi) is 2.51. The average Bonchev–Trinajstić information content (AvgIpc) is 2.60. The highest BCUT2D eigenvalue weighted by Crippen LogP contribution is 2.16. The van der Waals surface area contributed by atoms with Gasteiger partial charge in [0.15, 0.2) is 5.82 Å². The number of aromatic nitrogens is 3. The minimum Gasteiger partial charge on any atom is -0.318 e. The lowest BCUT2D eigenvalue weighted by Crippen LogP contribution is -2.16. The van der Waals surface area contributed by atoms with E-state index in [9.17, 15) is 0 Å². The van der Waals surface area contributed by atoms with Crippen LogP contribution < -0.4 is 5.73 Å². The van der Waals surface area contributed by atoms with E-state index in [4.69, 9.17) is 5.73 Å². The molecule has 2 rings (SSSR count). The van der Waals surface area contributed by atoms with E-state index in [1.165, 1.54) is 0 Å². The van der Waals surface area contributed by atoms with E-state index in [-0.39, 0.29) is 6.04 Å². The summed E-state index contributed by atoms with van der Waals surface area (Å²) in [5.74, 6) is 1.66. The quantitative estimate of drug-likeness (QED) is 0.795. The molecule has 78 valence electrons. The first kappa shape index (κ1) is 9.86. The molecule has 0 bridgehead atoms. The summed E-state index contributed by atoms with van der Waals surface area (Å²) in [5.41, 5.74) is 7.16. The van der Waals surface area contributed by atoms with Gasteiger partial charge < -0.3 is 10.3 Å². The topological polar surface area (TPSA) is 56.7 Å². The zero-order valence-corrected chi connectivity index (χ0v) is 8.88. The van der Waals surface area contributed by atoms with E-state index >= 15 is 0 Å². The Morgan fingerprint density at radius 1 is 1.20 bits per heavy atom. The second-order valence-corrected chi connectivity index (χ2v) is 3.55. The smallest absolute Gasteiger partial charge is 0.154 e. The van der Waals surface area contributed by atoms with Crippen molar-refractivity contribution in [2.75, 3.05) is 0 Å². The van der Waals surface area contributed by atoms with Crippen LogP contribution in [0.4, 0.5) is 0 Å². The molecule has 1 heterocycles. The highest BCUT2D eigenvalue weighted by Gasteiger charge is 2.15. The van der Waals surface area contributed by atoms with Crippen molar-refractivity contribution in [2.24, 2.45) is 12.8 Å². The molecule has 0 aliphatic rings. The van der Waals surface area contributed by atoms with Gasteiger partial charge in [0.2, 0.25) is 0 Å². The average molecular weight is 202 g/mol. The lowest BCUT2D eigenvalue weighted by atomic mass is 10.1. The fourth-order valence-electron chi connectivity index (χ4n) is 1.50. The number of rotatable bonds is 2. The van der Waals surface area contributed by atoms with Crippen LogP contribution in [0.15, 0.2) is 30.3 Å². The molecule has 2 N–H and O–H groups in total. The number of nitrogens with two attached hydrogens (primary N) is 1. The second-order valence-electron chi connectivity index (χ2n) is 3.55. The zero-order valence-electron chi connectivity index (χ0n) is 8.88. The molecule has 0 fully saturated rings. The largest absolute Gasteiger partial charge is 0.318 e. The molecule has 0 radical (unpaired) electrons. The molecular formula is C11H14N4. The Bertz CT molecular complexity index is 447. The molecule has 2 aromatic rings. The van der Waals surface area contributed by atoms with Crippen LogP contribution in [0.5, 0.6) is 0 Å². The van der Waals surface area contributed by atoms with Crippen LogP contribution in [-0.2, 0) is 7.05 Å². The lowest BCUT2D eigenvalue weighted by molar-refractivity contribution is 0.706. The molecule has 0 amide bonds. The van der Waals surface area contributed by atoms with Crippen LogP contribution in [0, 0.1) is 6.92 Å². The molecule has 0 aliphatic carbocycles. The molecule has 0 unspecified atom stereocenters. The van der Waals surface area contributed by atoms with E-state index in [1.807, 2.05) is 48.9 Å². The Morgan fingerprint density at radius 3 is 2.40 bits per heavy atom. The van der Waals surface area contributed by atoms with Crippen LogP contribution in [0.1, 0.15) is 23.3 Å². The monoisotopic (exact) mass is 202 g/mol. The van der Waals surface area contributed by atoms with Gasteiger partial charge in [0.1, 0.15) is 5.82 Å². The summed E-state index contributed by atoms with van der Waals surface area (Å²) in [6, 6.07) is 9.69. The van der Waals surface area contributed by atoms with Gasteiger partial charge in [-0.3, -0.25) is 0 Å². The summed E-state index contributed by atoms with van der Waals surface area (Å²) < 4.78 is 1.91. The van der Waals surface area contributed by atoms with Gasteiger partial charge in [0.05, 0.1) is 6.04 Å². The van der Waals surface area contributed by atoms with E-state index in [2.05, 4.69) is 10.2 Å². The van der Waals surface area contributed by atoms with Gasteiger partial charge in [-0.05, 0) is 12.5 Å². The van der Waals surface area contributed by atoms with E-state index in [1.54, 1.807) is 0 Å². The van der Waals surface area contributed by atoms with Crippen LogP contribution in [0.25, 0.3) is 0 Å². The predicted octanol–water partition coefficient (Wildman–Crippen LogP) is 1.17. The molecule has 15 heavy (non-hydrogen) atoms. The minimum absolute atomic E-state index is 0.211. The standard InChI is InChI=1S/C11H14N4/c1-8-13-14-11(15(8)2)10(12)9-6-4-3-5-7-9/h3-7,10H,12H2,1-2H3/t10-/m0/s1. The highest BCUT2D eigenvalue weighted by atomic mass is 15.3. The molecule has 4 nitrogen and oxygen atoms in total. The Hall–Kier alpha value is -1.68. The Labute approximate surface area is 88.8 Å². The van der Waals surface area contributed by atoms with Gasteiger partial charge in [-0.15, -0.1) is 10.2 Å². The van der Waals surface area contributed by atoms with Gasteiger partial charge in [-0.2, -0.15) is 0 Å². The van der Waals surface area contributed by atoms with Crippen LogP contribution in [0.3, 0.4) is 0 Å². The van der Waals surface area contributed by atoms with Gasteiger partial charge in [-0.25, -0.2) is 0 Å². The molecule has 0 aliphatic heterocycles. The molecule has 1 atom stereocenters. The van der Waals surface area contributed by atoms with Gasteiger partial charge in [0.25, 0.3) is 0 Å². The molecule has 0 saturated carbocycles. The maximum absolute atomic E-state index is 6.11. The van der Waals surface area contributed by atoms with E-state index in [0.717, 1.165) is 17.2 Å². The maximum atomic E-state index is 6.11. The molecule has 0 saturated heterocycles. The third-order valence-corrected chi connectivity index (χ3v) is 2.56. The van der Waals surface area contributed by atoms with Crippen molar-refractivity contribution < 1.29 is 0 Å². The van der Waals surface area contributed by atoms with Crippen molar-refractivity contribution in [1.29, 1.82) is 0 Å². The van der Waals surface area contributed by atoms with Crippen molar-refractivity contribution in [2.45, 2.75) is 13.0 Å². The van der Waals surface area contributed by atoms with E-state index in [0.29, 0.717) is 0 Å². The Morgan fingerprint density at radius 2 is 1.87 bits per heavy atom. The second kappa shape index (κ2) is 3.82. The van der Waals surface area contributed by atoms with Crippen LogP contribution in [-0.4, -0.2) is 14.8 Å². The van der Waals surface area contributed by atoms with Crippen molar-refractivity contribution in [1.82, 2.24) is 14.8 Å². The van der Waals surface area contributed by atoms with Crippen molar-refractivity contribution in [3.8, 4) is 0 Å². The van der Waals surface area contributed by atoms with Crippen molar-refractivity contribution >= 4 is 0 Å². The number of nitrogens with zero attached hydrogens (tertiary/aromatic N) is 3. The molecule has 4 heteroatoms. The van der Waals surface area contributed by atoms with Crippen LogP contribution in [0.2, 0.25) is 0 Å². The van der Waals surface area contributed by atoms with Gasteiger partial charge in [0, 0.05) is 7.05 Å². The van der Waals surface area contributed by atoms with Gasteiger partial charge >= 0.3 is 0 Å². The fourth-order valence-corrected chi connectivity index (χ4v) is 1.50.